The van der Waals surface area contributed by atoms with Crippen LogP contribution in [0.3, 0.4) is 0 Å². The lowest BCUT2D eigenvalue weighted by atomic mass is 10.1. The number of hydrogen-bond acceptors (Lipinski definition) is 5. The maximum atomic E-state index is 11.0. The molecule has 3 rings (SSSR count). The summed E-state index contributed by atoms with van der Waals surface area (Å²) in [5, 5.41) is 23.1. The largest absolute Gasteiger partial charge is 0.379 e. The first-order valence-electron chi connectivity index (χ1n) is 6.42. The van der Waals surface area contributed by atoms with Crippen LogP contribution in [-0.4, -0.2) is 15.1 Å². The molecule has 0 aliphatic heterocycles. The van der Waals surface area contributed by atoms with Crippen LogP contribution in [-0.2, 0) is 6.54 Å². The number of hydrogen-bond donors (Lipinski definition) is 1. The molecule has 6 heteroatoms. The maximum Gasteiger partial charge on any atom is 0.274 e. The van der Waals surface area contributed by atoms with Crippen LogP contribution in [0.5, 0.6) is 0 Å². The Morgan fingerprint density at radius 2 is 1.86 bits per heavy atom. The molecule has 0 saturated carbocycles. The van der Waals surface area contributed by atoms with Crippen LogP contribution < -0.4 is 5.32 Å². The van der Waals surface area contributed by atoms with Crippen molar-refractivity contribution in [2.45, 2.75) is 6.54 Å². The number of rotatable bonds is 4. The van der Waals surface area contributed by atoms with Gasteiger partial charge < -0.3 is 5.32 Å². The van der Waals surface area contributed by atoms with E-state index in [9.17, 15) is 10.1 Å². The molecule has 1 heterocycles. The van der Waals surface area contributed by atoms with Crippen molar-refractivity contribution in [3.8, 4) is 0 Å². The number of aromatic nitrogens is 2. The molecule has 0 bridgehead atoms. The molecule has 0 unspecified atom stereocenters. The highest BCUT2D eigenvalue weighted by molar-refractivity contribution is 5.90. The van der Waals surface area contributed by atoms with Crippen molar-refractivity contribution in [2.24, 2.45) is 0 Å². The van der Waals surface area contributed by atoms with Gasteiger partial charge in [-0.15, -0.1) is 0 Å². The van der Waals surface area contributed by atoms with E-state index in [4.69, 9.17) is 0 Å². The topological polar surface area (TPSA) is 81.0 Å². The van der Waals surface area contributed by atoms with Crippen molar-refractivity contribution in [1.29, 1.82) is 0 Å². The third-order valence-electron chi connectivity index (χ3n) is 3.20. The smallest absolute Gasteiger partial charge is 0.274 e. The van der Waals surface area contributed by atoms with Gasteiger partial charge in [0, 0.05) is 23.6 Å². The average molecular weight is 280 g/mol. The monoisotopic (exact) mass is 280 g/mol. The standard InChI is InChI=1S/C15H12N4O2/c20-19(21)15-8-4-1-5-11(15)9-16-14-10-17-18-13-7-3-2-6-12(13)14/h1-8,10H,9H2,(H,16,18). The summed E-state index contributed by atoms with van der Waals surface area (Å²) in [7, 11) is 0. The van der Waals surface area contributed by atoms with Crippen LogP contribution in [0, 0.1) is 10.1 Å². The fraction of sp³-hybridized carbons (Fsp3) is 0.0667. The molecule has 3 aromatic rings. The van der Waals surface area contributed by atoms with Gasteiger partial charge in [0.25, 0.3) is 5.69 Å². The van der Waals surface area contributed by atoms with Crippen LogP contribution in [0.2, 0.25) is 0 Å². The Hall–Kier alpha value is -3.02. The van der Waals surface area contributed by atoms with Gasteiger partial charge >= 0.3 is 0 Å². The number of nitro groups is 1. The fourth-order valence-electron chi connectivity index (χ4n) is 2.18. The van der Waals surface area contributed by atoms with Crippen molar-refractivity contribution in [2.75, 3.05) is 5.32 Å². The van der Waals surface area contributed by atoms with Crippen molar-refractivity contribution in [3.63, 3.8) is 0 Å². The van der Waals surface area contributed by atoms with Crippen molar-refractivity contribution >= 4 is 22.3 Å². The highest BCUT2D eigenvalue weighted by Crippen LogP contribution is 2.23. The van der Waals surface area contributed by atoms with Gasteiger partial charge in [0.05, 0.1) is 22.3 Å². The van der Waals surface area contributed by atoms with E-state index < -0.39 is 0 Å². The first-order chi connectivity index (χ1) is 10.3. The lowest BCUT2D eigenvalue weighted by Gasteiger charge is -2.08. The molecule has 104 valence electrons. The minimum Gasteiger partial charge on any atom is -0.379 e. The van der Waals surface area contributed by atoms with Gasteiger partial charge in [-0.2, -0.15) is 10.2 Å². The number of nitrogens with zero attached hydrogens (tertiary/aromatic N) is 3. The van der Waals surface area contributed by atoms with Gasteiger partial charge in [-0.3, -0.25) is 10.1 Å². The van der Waals surface area contributed by atoms with E-state index in [-0.39, 0.29) is 10.6 Å². The third kappa shape index (κ3) is 2.64. The summed E-state index contributed by atoms with van der Waals surface area (Å²) in [6.45, 7) is 0.354. The summed E-state index contributed by atoms with van der Waals surface area (Å²) in [5.41, 5.74) is 2.32. The van der Waals surface area contributed by atoms with E-state index in [1.54, 1.807) is 24.4 Å². The second kappa shape index (κ2) is 5.54. The van der Waals surface area contributed by atoms with E-state index in [2.05, 4.69) is 15.5 Å². The number of para-hydroxylation sites is 1. The molecular formula is C15H12N4O2. The summed E-state index contributed by atoms with van der Waals surface area (Å²) in [6, 6.07) is 14.3. The molecule has 0 saturated heterocycles. The highest BCUT2D eigenvalue weighted by Gasteiger charge is 2.12. The molecule has 0 radical (unpaired) electrons. The zero-order chi connectivity index (χ0) is 14.7. The summed E-state index contributed by atoms with van der Waals surface area (Å²) in [4.78, 5) is 10.6. The van der Waals surface area contributed by atoms with E-state index in [1.807, 2.05) is 24.3 Å². The molecule has 0 aliphatic carbocycles. The number of benzene rings is 2. The Balaban J connectivity index is 1.89. The molecule has 0 spiro atoms. The summed E-state index contributed by atoms with van der Waals surface area (Å²) in [6.07, 6.45) is 1.62. The predicted molar refractivity (Wildman–Crippen MR) is 80.0 cm³/mol. The van der Waals surface area contributed by atoms with Gasteiger partial charge in [-0.1, -0.05) is 36.4 Å². The number of nitro benzene ring substituents is 1. The van der Waals surface area contributed by atoms with Crippen LogP contribution in [0.4, 0.5) is 11.4 Å². The Morgan fingerprint density at radius 1 is 1.10 bits per heavy atom. The Kier molecular flexibility index (Phi) is 3.42. The number of anilines is 1. The minimum atomic E-state index is -0.375. The zero-order valence-corrected chi connectivity index (χ0v) is 11.1. The van der Waals surface area contributed by atoms with Gasteiger partial charge in [-0.05, 0) is 6.07 Å². The average Bonchev–Trinajstić information content (AvgIpc) is 2.53. The minimum absolute atomic E-state index is 0.108. The molecule has 21 heavy (non-hydrogen) atoms. The second-order valence-electron chi connectivity index (χ2n) is 4.51. The van der Waals surface area contributed by atoms with Crippen LogP contribution in [0.15, 0.2) is 54.7 Å². The van der Waals surface area contributed by atoms with E-state index in [1.165, 1.54) is 6.07 Å². The quantitative estimate of drug-likeness (QED) is 0.586. The Labute approximate surface area is 120 Å². The summed E-state index contributed by atoms with van der Waals surface area (Å²) in [5.74, 6) is 0. The molecule has 2 aromatic carbocycles. The van der Waals surface area contributed by atoms with Gasteiger partial charge in [0.2, 0.25) is 0 Å². The SMILES string of the molecule is O=[N+]([O-])c1ccccc1CNc1cnnc2ccccc12. The van der Waals surface area contributed by atoms with Crippen molar-refractivity contribution in [1.82, 2.24) is 10.2 Å². The lowest BCUT2D eigenvalue weighted by Crippen LogP contribution is -2.04. The van der Waals surface area contributed by atoms with E-state index in [0.717, 1.165) is 16.6 Å². The highest BCUT2D eigenvalue weighted by atomic mass is 16.6. The zero-order valence-electron chi connectivity index (χ0n) is 11.1. The summed E-state index contributed by atoms with van der Waals surface area (Å²) < 4.78 is 0. The molecular weight excluding hydrogens is 268 g/mol. The van der Waals surface area contributed by atoms with Gasteiger partial charge in [-0.25, -0.2) is 0 Å². The molecule has 1 aromatic heterocycles. The summed E-state index contributed by atoms with van der Waals surface area (Å²) >= 11 is 0. The molecule has 0 atom stereocenters. The second-order valence-corrected chi connectivity index (χ2v) is 4.51. The van der Waals surface area contributed by atoms with Crippen LogP contribution in [0.25, 0.3) is 10.9 Å². The fourth-order valence-corrected chi connectivity index (χ4v) is 2.18. The van der Waals surface area contributed by atoms with Gasteiger partial charge in [0.15, 0.2) is 0 Å². The molecule has 0 fully saturated rings. The number of fused-ring (bicyclic) bond motifs is 1. The predicted octanol–water partition coefficient (Wildman–Crippen LogP) is 3.15. The van der Waals surface area contributed by atoms with Crippen molar-refractivity contribution < 1.29 is 4.92 Å². The van der Waals surface area contributed by atoms with E-state index >= 15 is 0 Å². The van der Waals surface area contributed by atoms with Crippen LogP contribution >= 0.6 is 0 Å². The molecule has 6 nitrogen and oxygen atoms in total. The van der Waals surface area contributed by atoms with Crippen molar-refractivity contribution in [3.05, 3.63) is 70.4 Å². The van der Waals surface area contributed by atoms with Gasteiger partial charge in [0.1, 0.15) is 0 Å². The number of nitrogens with one attached hydrogen (secondary N) is 1. The maximum absolute atomic E-state index is 11.0. The molecule has 0 amide bonds. The molecule has 0 aliphatic rings. The Bertz CT molecular complexity index is 799. The Morgan fingerprint density at radius 3 is 2.71 bits per heavy atom. The lowest BCUT2D eigenvalue weighted by molar-refractivity contribution is -0.385. The third-order valence-corrected chi connectivity index (χ3v) is 3.20. The van der Waals surface area contributed by atoms with Crippen LogP contribution in [0.1, 0.15) is 5.56 Å². The molecule has 1 N–H and O–H groups in total. The first-order valence-corrected chi connectivity index (χ1v) is 6.42. The first kappa shape index (κ1) is 13.0. The normalized spacial score (nSPS) is 10.5. The van der Waals surface area contributed by atoms with E-state index in [0.29, 0.717) is 12.1 Å².